The highest BCUT2D eigenvalue weighted by Crippen LogP contribution is 2.15. The van der Waals surface area contributed by atoms with Gasteiger partial charge in [-0.1, -0.05) is 43.1 Å². The lowest BCUT2D eigenvalue weighted by Gasteiger charge is -2.07. The van der Waals surface area contributed by atoms with Crippen LogP contribution in [-0.2, 0) is 11.3 Å². The first-order valence-corrected chi connectivity index (χ1v) is 5.55. The van der Waals surface area contributed by atoms with Gasteiger partial charge in [0.25, 0.3) is 0 Å². The van der Waals surface area contributed by atoms with Crippen LogP contribution < -0.4 is 5.32 Å². The average molecular weight is 241 g/mol. The molecule has 1 rings (SSSR count). The predicted molar refractivity (Wildman–Crippen MR) is 64.2 cm³/mol. The number of unbranched alkanes of at least 4 members (excludes halogenated alkanes) is 1. The minimum absolute atomic E-state index is 0.190. The molecule has 0 fully saturated rings. The molecule has 0 spiro atoms. The number of hydrogen-bond donors (Lipinski definition) is 1. The van der Waals surface area contributed by atoms with Crippen LogP contribution in [0.4, 0.5) is 4.79 Å². The average Bonchev–Trinajstić information content (AvgIpc) is 2.28. The third-order valence-corrected chi connectivity index (χ3v) is 2.38. The van der Waals surface area contributed by atoms with Gasteiger partial charge in [0, 0.05) is 17.1 Å². The van der Waals surface area contributed by atoms with Gasteiger partial charge in [0.1, 0.15) is 6.61 Å². The Labute approximate surface area is 101 Å². The molecule has 0 aromatic heterocycles. The first kappa shape index (κ1) is 12.8. The SMILES string of the molecule is [CH2]CCCNC(=O)OCc1ccccc1Cl. The second kappa shape index (κ2) is 7.12. The molecule has 1 aromatic carbocycles. The maximum atomic E-state index is 11.2. The van der Waals surface area contributed by atoms with Gasteiger partial charge in [0.05, 0.1) is 0 Å². The van der Waals surface area contributed by atoms with E-state index >= 15 is 0 Å². The predicted octanol–water partition coefficient (Wildman–Crippen LogP) is 3.18. The van der Waals surface area contributed by atoms with Crippen molar-refractivity contribution in [2.45, 2.75) is 19.4 Å². The van der Waals surface area contributed by atoms with Crippen LogP contribution in [0.25, 0.3) is 0 Å². The molecule has 0 saturated carbocycles. The number of ether oxygens (including phenoxy) is 1. The van der Waals surface area contributed by atoms with E-state index in [4.69, 9.17) is 16.3 Å². The minimum atomic E-state index is -0.423. The zero-order valence-corrected chi connectivity index (χ0v) is 9.80. The monoisotopic (exact) mass is 240 g/mol. The highest BCUT2D eigenvalue weighted by atomic mass is 35.5. The molecular formula is C12H15ClNO2. The number of nitrogens with one attached hydrogen (secondary N) is 1. The van der Waals surface area contributed by atoms with E-state index in [2.05, 4.69) is 12.2 Å². The molecule has 3 nitrogen and oxygen atoms in total. The van der Waals surface area contributed by atoms with Crippen LogP contribution in [0.15, 0.2) is 24.3 Å². The Morgan fingerprint density at radius 2 is 2.19 bits per heavy atom. The van der Waals surface area contributed by atoms with Gasteiger partial charge in [-0.3, -0.25) is 0 Å². The maximum absolute atomic E-state index is 11.2. The quantitative estimate of drug-likeness (QED) is 0.803. The van der Waals surface area contributed by atoms with E-state index in [1.807, 2.05) is 18.2 Å². The van der Waals surface area contributed by atoms with E-state index in [-0.39, 0.29) is 6.61 Å². The van der Waals surface area contributed by atoms with Crippen molar-refractivity contribution in [3.05, 3.63) is 41.8 Å². The van der Waals surface area contributed by atoms with E-state index in [1.165, 1.54) is 0 Å². The molecule has 0 aliphatic carbocycles. The molecule has 0 bridgehead atoms. The zero-order valence-electron chi connectivity index (χ0n) is 9.04. The largest absolute Gasteiger partial charge is 0.445 e. The number of halogens is 1. The summed E-state index contributed by atoms with van der Waals surface area (Å²) in [4.78, 5) is 11.2. The van der Waals surface area contributed by atoms with Crippen molar-refractivity contribution in [1.29, 1.82) is 0 Å². The van der Waals surface area contributed by atoms with Crippen molar-refractivity contribution in [3.63, 3.8) is 0 Å². The standard InChI is InChI=1S/C12H15ClNO2/c1-2-3-8-14-12(15)16-9-10-6-4-5-7-11(10)13/h4-7H,1-3,8-9H2,(H,14,15). The van der Waals surface area contributed by atoms with Crippen molar-refractivity contribution < 1.29 is 9.53 Å². The summed E-state index contributed by atoms with van der Waals surface area (Å²) >= 11 is 5.91. The number of carbonyl (C=O) groups is 1. The molecule has 87 valence electrons. The van der Waals surface area contributed by atoms with Gasteiger partial charge in [-0.2, -0.15) is 0 Å². The lowest BCUT2D eigenvalue weighted by Crippen LogP contribution is -2.25. The molecule has 1 radical (unpaired) electrons. The number of benzene rings is 1. The Hall–Kier alpha value is -1.22. The Kier molecular flexibility index (Phi) is 5.72. The molecule has 0 aliphatic heterocycles. The number of rotatable bonds is 5. The summed E-state index contributed by atoms with van der Waals surface area (Å²) in [6.07, 6.45) is 1.22. The lowest BCUT2D eigenvalue weighted by molar-refractivity contribution is 0.139. The summed E-state index contributed by atoms with van der Waals surface area (Å²) < 4.78 is 5.00. The van der Waals surface area contributed by atoms with Crippen molar-refractivity contribution in [2.75, 3.05) is 6.54 Å². The highest BCUT2D eigenvalue weighted by Gasteiger charge is 2.03. The third-order valence-electron chi connectivity index (χ3n) is 2.01. The molecule has 1 N–H and O–H groups in total. The van der Waals surface area contributed by atoms with Gasteiger partial charge in [-0.25, -0.2) is 4.79 Å². The van der Waals surface area contributed by atoms with Crippen LogP contribution in [0.1, 0.15) is 18.4 Å². The second-order valence-corrected chi connectivity index (χ2v) is 3.71. The molecular weight excluding hydrogens is 226 g/mol. The van der Waals surface area contributed by atoms with Gasteiger partial charge < -0.3 is 10.1 Å². The fraction of sp³-hybridized carbons (Fsp3) is 0.333. The van der Waals surface area contributed by atoms with Crippen LogP contribution in [0.2, 0.25) is 5.02 Å². The summed E-state index contributed by atoms with van der Waals surface area (Å²) in [5.41, 5.74) is 0.802. The van der Waals surface area contributed by atoms with Crippen LogP contribution in [0.5, 0.6) is 0 Å². The van der Waals surface area contributed by atoms with E-state index in [0.717, 1.165) is 18.4 Å². The van der Waals surface area contributed by atoms with E-state index in [0.29, 0.717) is 11.6 Å². The van der Waals surface area contributed by atoms with Crippen LogP contribution in [0, 0.1) is 6.92 Å². The van der Waals surface area contributed by atoms with Gasteiger partial charge in [-0.15, -0.1) is 0 Å². The van der Waals surface area contributed by atoms with E-state index in [9.17, 15) is 4.79 Å². The van der Waals surface area contributed by atoms with Gasteiger partial charge >= 0.3 is 6.09 Å². The fourth-order valence-electron chi connectivity index (χ4n) is 1.13. The third kappa shape index (κ3) is 4.53. The first-order chi connectivity index (χ1) is 7.74. The molecule has 0 atom stereocenters. The summed E-state index contributed by atoms with van der Waals surface area (Å²) in [5.74, 6) is 0. The maximum Gasteiger partial charge on any atom is 0.407 e. The van der Waals surface area contributed by atoms with Crippen LogP contribution in [0.3, 0.4) is 0 Å². The molecule has 1 amide bonds. The van der Waals surface area contributed by atoms with Crippen molar-refractivity contribution >= 4 is 17.7 Å². The molecule has 0 heterocycles. The summed E-state index contributed by atoms with van der Waals surface area (Å²) in [5, 5.41) is 3.23. The molecule has 4 heteroatoms. The van der Waals surface area contributed by atoms with Crippen molar-refractivity contribution in [1.82, 2.24) is 5.32 Å². The van der Waals surface area contributed by atoms with Crippen molar-refractivity contribution in [2.24, 2.45) is 0 Å². The molecule has 0 aliphatic rings. The summed E-state index contributed by atoms with van der Waals surface area (Å²) in [6, 6.07) is 7.28. The first-order valence-electron chi connectivity index (χ1n) is 5.17. The Morgan fingerprint density at radius 1 is 1.44 bits per heavy atom. The minimum Gasteiger partial charge on any atom is -0.445 e. The Bertz CT molecular complexity index is 342. The summed E-state index contributed by atoms with van der Waals surface area (Å²) in [7, 11) is 0. The molecule has 0 saturated heterocycles. The fourth-order valence-corrected chi connectivity index (χ4v) is 1.32. The number of carbonyl (C=O) groups excluding carboxylic acids is 1. The Morgan fingerprint density at radius 3 is 2.88 bits per heavy atom. The van der Waals surface area contributed by atoms with Gasteiger partial charge in [-0.05, 0) is 12.5 Å². The number of amides is 1. The zero-order chi connectivity index (χ0) is 11.8. The van der Waals surface area contributed by atoms with Gasteiger partial charge in [0.15, 0.2) is 0 Å². The number of alkyl carbamates (subject to hydrolysis) is 1. The van der Waals surface area contributed by atoms with E-state index in [1.54, 1.807) is 6.07 Å². The highest BCUT2D eigenvalue weighted by molar-refractivity contribution is 6.31. The van der Waals surface area contributed by atoms with Gasteiger partial charge in [0.2, 0.25) is 0 Å². The lowest BCUT2D eigenvalue weighted by atomic mass is 10.2. The molecule has 1 aromatic rings. The van der Waals surface area contributed by atoms with Crippen LogP contribution >= 0.6 is 11.6 Å². The topological polar surface area (TPSA) is 38.3 Å². The summed E-state index contributed by atoms with van der Waals surface area (Å²) in [6.45, 7) is 4.46. The second-order valence-electron chi connectivity index (χ2n) is 3.30. The van der Waals surface area contributed by atoms with E-state index < -0.39 is 6.09 Å². The Balaban J connectivity index is 2.29. The molecule has 16 heavy (non-hydrogen) atoms. The smallest absolute Gasteiger partial charge is 0.407 e. The van der Waals surface area contributed by atoms with Crippen molar-refractivity contribution in [3.8, 4) is 0 Å². The normalized spacial score (nSPS) is 9.88. The number of hydrogen-bond acceptors (Lipinski definition) is 2. The van der Waals surface area contributed by atoms with Crippen LogP contribution in [-0.4, -0.2) is 12.6 Å². The molecule has 0 unspecified atom stereocenters.